The van der Waals surface area contributed by atoms with Gasteiger partial charge in [-0.15, -0.1) is 10.2 Å². The summed E-state index contributed by atoms with van der Waals surface area (Å²) in [5, 5.41) is 16.9. The highest BCUT2D eigenvalue weighted by Crippen LogP contribution is 2.10. The van der Waals surface area contributed by atoms with Gasteiger partial charge in [0.2, 0.25) is 11.6 Å². The summed E-state index contributed by atoms with van der Waals surface area (Å²) in [6.45, 7) is 4.60. The molecule has 0 saturated carbocycles. The predicted octanol–water partition coefficient (Wildman–Crippen LogP) is 0.0771. The number of aromatic nitrogens is 3. The minimum absolute atomic E-state index is 0.185. The minimum Gasteiger partial charge on any atom is -0.382 e. The topological polar surface area (TPSA) is 68.0 Å². The molecule has 0 aliphatic carbocycles. The number of hydrogen-bond acceptors (Lipinski definition) is 4. The summed E-state index contributed by atoms with van der Waals surface area (Å²) in [6, 6.07) is 0. The van der Waals surface area contributed by atoms with Crippen LogP contribution >= 0.6 is 0 Å². The van der Waals surface area contributed by atoms with Gasteiger partial charge in [0, 0.05) is 7.05 Å². The van der Waals surface area contributed by atoms with Crippen LogP contribution in [0, 0.1) is 6.92 Å². The van der Waals surface area contributed by atoms with E-state index in [9.17, 15) is 9.90 Å². The summed E-state index contributed by atoms with van der Waals surface area (Å²) in [5.74, 6) is 0.410. The van der Waals surface area contributed by atoms with Gasteiger partial charge in [0.1, 0.15) is 11.4 Å². The number of aliphatic hydroxyl groups is 1. The van der Waals surface area contributed by atoms with Crippen molar-refractivity contribution in [3.63, 3.8) is 0 Å². The molecule has 0 amide bonds. The number of ketones is 1. The molecule has 0 saturated heterocycles. The molecule has 0 fully saturated rings. The lowest BCUT2D eigenvalue weighted by Gasteiger charge is -2.14. The van der Waals surface area contributed by atoms with E-state index in [0.717, 1.165) is 0 Å². The Morgan fingerprint density at radius 3 is 2.31 bits per heavy atom. The van der Waals surface area contributed by atoms with Crippen LogP contribution in [0.15, 0.2) is 0 Å². The van der Waals surface area contributed by atoms with Gasteiger partial charge in [-0.2, -0.15) is 0 Å². The van der Waals surface area contributed by atoms with Crippen LogP contribution in [0.25, 0.3) is 0 Å². The summed E-state index contributed by atoms with van der Waals surface area (Å²) >= 11 is 0. The van der Waals surface area contributed by atoms with Gasteiger partial charge >= 0.3 is 0 Å². The van der Waals surface area contributed by atoms with Crippen molar-refractivity contribution in [3.05, 3.63) is 11.6 Å². The maximum Gasteiger partial charge on any atom is 0.231 e. The number of hydrogen-bond donors (Lipinski definition) is 1. The monoisotopic (exact) mass is 183 g/mol. The van der Waals surface area contributed by atoms with Crippen molar-refractivity contribution in [1.82, 2.24) is 14.8 Å². The Bertz CT molecular complexity index is 336. The zero-order chi connectivity index (χ0) is 10.2. The first-order chi connectivity index (χ1) is 5.84. The van der Waals surface area contributed by atoms with Crippen molar-refractivity contribution in [3.8, 4) is 0 Å². The number of nitrogens with zero attached hydrogens (tertiary/aromatic N) is 3. The molecule has 1 rings (SSSR count). The lowest BCUT2D eigenvalue weighted by molar-refractivity contribution is 0.0472. The fourth-order valence-corrected chi connectivity index (χ4v) is 0.878. The molecule has 0 atom stereocenters. The van der Waals surface area contributed by atoms with Crippen molar-refractivity contribution >= 4 is 5.78 Å². The first-order valence-electron chi connectivity index (χ1n) is 3.97. The normalized spacial score (nSPS) is 11.8. The number of rotatable bonds is 2. The van der Waals surface area contributed by atoms with Gasteiger partial charge in [-0.1, -0.05) is 0 Å². The third kappa shape index (κ3) is 1.75. The van der Waals surface area contributed by atoms with E-state index in [1.807, 2.05) is 0 Å². The third-order valence-corrected chi connectivity index (χ3v) is 1.85. The molecule has 0 spiro atoms. The Labute approximate surface area is 76.4 Å². The molecule has 5 heteroatoms. The van der Waals surface area contributed by atoms with Crippen LogP contribution in [0.3, 0.4) is 0 Å². The lowest BCUT2D eigenvalue weighted by Crippen LogP contribution is -2.33. The summed E-state index contributed by atoms with van der Waals surface area (Å²) in [5.41, 5.74) is -1.40. The Kier molecular flexibility index (Phi) is 2.21. The molecular formula is C8H13N3O2. The standard InChI is InChI=1S/C8H13N3O2/c1-5-9-10-7(11(5)4)6(12)8(2,3)13/h13H,1-4H3. The molecule has 0 unspecified atom stereocenters. The maximum atomic E-state index is 11.5. The van der Waals surface area contributed by atoms with Crippen LogP contribution < -0.4 is 0 Å². The average Bonchev–Trinajstić information content (AvgIpc) is 2.30. The molecule has 1 aromatic rings. The van der Waals surface area contributed by atoms with Crippen molar-refractivity contribution in [2.75, 3.05) is 0 Å². The van der Waals surface area contributed by atoms with Gasteiger partial charge in [-0.3, -0.25) is 4.79 Å². The zero-order valence-electron chi connectivity index (χ0n) is 8.20. The first-order valence-corrected chi connectivity index (χ1v) is 3.97. The fourth-order valence-electron chi connectivity index (χ4n) is 0.878. The molecule has 1 N–H and O–H groups in total. The van der Waals surface area contributed by atoms with E-state index >= 15 is 0 Å². The third-order valence-electron chi connectivity index (χ3n) is 1.85. The second-order valence-electron chi connectivity index (χ2n) is 3.52. The van der Waals surface area contributed by atoms with Crippen LogP contribution in [0.2, 0.25) is 0 Å². The summed E-state index contributed by atoms with van der Waals surface area (Å²) in [4.78, 5) is 11.5. The largest absolute Gasteiger partial charge is 0.382 e. The number of aryl methyl sites for hydroxylation is 1. The van der Waals surface area contributed by atoms with Gasteiger partial charge < -0.3 is 9.67 Å². The maximum absolute atomic E-state index is 11.5. The minimum atomic E-state index is -1.40. The Hall–Kier alpha value is -1.23. The van der Waals surface area contributed by atoms with E-state index in [2.05, 4.69) is 10.2 Å². The fraction of sp³-hybridized carbons (Fsp3) is 0.625. The highest BCUT2D eigenvalue weighted by atomic mass is 16.3. The van der Waals surface area contributed by atoms with Crippen molar-refractivity contribution in [2.24, 2.45) is 7.05 Å². The molecule has 0 bridgehead atoms. The zero-order valence-corrected chi connectivity index (χ0v) is 8.20. The smallest absolute Gasteiger partial charge is 0.231 e. The second kappa shape index (κ2) is 2.92. The average molecular weight is 183 g/mol. The van der Waals surface area contributed by atoms with Crippen molar-refractivity contribution < 1.29 is 9.90 Å². The van der Waals surface area contributed by atoms with Crippen LogP contribution in [-0.4, -0.2) is 31.3 Å². The van der Waals surface area contributed by atoms with E-state index in [-0.39, 0.29) is 5.82 Å². The summed E-state index contributed by atoms with van der Waals surface area (Å²) < 4.78 is 1.56. The van der Waals surface area contributed by atoms with Gasteiger partial charge in [0.15, 0.2) is 0 Å². The van der Waals surface area contributed by atoms with E-state index in [0.29, 0.717) is 5.82 Å². The first kappa shape index (κ1) is 9.85. The Balaban J connectivity index is 3.10. The number of Topliss-reactive ketones (excluding diaryl/α,β-unsaturated/α-hetero) is 1. The second-order valence-corrected chi connectivity index (χ2v) is 3.52. The summed E-state index contributed by atoms with van der Waals surface area (Å²) in [6.07, 6.45) is 0. The van der Waals surface area contributed by atoms with E-state index in [4.69, 9.17) is 0 Å². The van der Waals surface area contributed by atoms with E-state index in [1.54, 1.807) is 18.5 Å². The molecule has 0 aromatic carbocycles. The predicted molar refractivity (Wildman–Crippen MR) is 46.4 cm³/mol. The van der Waals surface area contributed by atoms with Gasteiger partial charge in [0.25, 0.3) is 0 Å². The highest BCUT2D eigenvalue weighted by Gasteiger charge is 2.29. The van der Waals surface area contributed by atoms with Crippen LogP contribution in [-0.2, 0) is 7.05 Å². The molecule has 0 aliphatic heterocycles. The molecule has 1 heterocycles. The Morgan fingerprint density at radius 2 is 2.00 bits per heavy atom. The summed E-state index contributed by atoms with van der Waals surface area (Å²) in [7, 11) is 1.69. The molecule has 13 heavy (non-hydrogen) atoms. The van der Waals surface area contributed by atoms with Gasteiger partial charge in [-0.05, 0) is 20.8 Å². The Morgan fingerprint density at radius 1 is 1.46 bits per heavy atom. The lowest BCUT2D eigenvalue weighted by atomic mass is 10.0. The molecular weight excluding hydrogens is 170 g/mol. The van der Waals surface area contributed by atoms with Gasteiger partial charge in [0.05, 0.1) is 0 Å². The van der Waals surface area contributed by atoms with E-state index in [1.165, 1.54) is 13.8 Å². The van der Waals surface area contributed by atoms with Crippen molar-refractivity contribution in [2.45, 2.75) is 26.4 Å². The highest BCUT2D eigenvalue weighted by molar-refractivity contribution is 5.98. The van der Waals surface area contributed by atoms with Crippen LogP contribution in [0.4, 0.5) is 0 Å². The van der Waals surface area contributed by atoms with Gasteiger partial charge in [-0.25, -0.2) is 0 Å². The SMILES string of the molecule is Cc1nnc(C(=O)C(C)(C)O)n1C. The quantitative estimate of drug-likeness (QED) is 0.659. The number of carbonyl (C=O) groups is 1. The van der Waals surface area contributed by atoms with Crippen LogP contribution in [0.1, 0.15) is 30.3 Å². The molecule has 0 radical (unpaired) electrons. The van der Waals surface area contributed by atoms with Crippen LogP contribution in [0.5, 0.6) is 0 Å². The van der Waals surface area contributed by atoms with Crippen molar-refractivity contribution in [1.29, 1.82) is 0 Å². The van der Waals surface area contributed by atoms with E-state index < -0.39 is 11.4 Å². The molecule has 72 valence electrons. The number of carbonyl (C=O) groups excluding carboxylic acids is 1. The molecule has 1 aromatic heterocycles. The molecule has 5 nitrogen and oxygen atoms in total. The molecule has 0 aliphatic rings.